The number of likely N-dealkylation sites (tertiary alicyclic amines) is 1. The number of carbonyl (C=O) groups excluding carboxylic acids is 1. The topological polar surface area (TPSA) is 109 Å². The molecular weight excluding hydrogens is 582 g/mol. The van der Waals surface area contributed by atoms with Gasteiger partial charge in [0.15, 0.2) is 0 Å². The number of urea groups is 1. The number of unbranched alkanes of at least 4 members (excludes halogenated alkanes) is 6. The Morgan fingerprint density at radius 2 is 1.58 bits per heavy atom. The van der Waals surface area contributed by atoms with Crippen LogP contribution in [0.15, 0.2) is 71.5 Å². The van der Waals surface area contributed by atoms with Crippen LogP contribution in [0.5, 0.6) is 5.75 Å². The van der Waals surface area contributed by atoms with Gasteiger partial charge in [0.2, 0.25) is 0 Å². The number of fused-ring (bicyclic) bond motifs is 1. The van der Waals surface area contributed by atoms with Crippen LogP contribution in [0, 0.1) is 0 Å². The van der Waals surface area contributed by atoms with Crippen LogP contribution >= 0.6 is 11.3 Å². The van der Waals surface area contributed by atoms with Crippen molar-refractivity contribution >= 4 is 33.3 Å². The van der Waals surface area contributed by atoms with Crippen molar-refractivity contribution in [1.82, 2.24) is 20.5 Å². The van der Waals surface area contributed by atoms with Crippen LogP contribution in [0.2, 0.25) is 0 Å². The third-order valence-corrected chi connectivity index (χ3v) is 9.68. The summed E-state index contributed by atoms with van der Waals surface area (Å²) in [5.41, 5.74) is 4.61. The Morgan fingerprint density at radius 1 is 0.867 bits per heavy atom. The molecule has 0 unspecified atom stereocenters. The summed E-state index contributed by atoms with van der Waals surface area (Å²) in [7, 11) is 0. The number of piperidine rings is 1. The van der Waals surface area contributed by atoms with Gasteiger partial charge in [0, 0.05) is 24.7 Å². The second-order valence-electron chi connectivity index (χ2n) is 12.1. The number of hydrogen-bond donors (Lipinski definition) is 5. The molecule has 5 N–H and O–H groups in total. The van der Waals surface area contributed by atoms with Gasteiger partial charge in [-0.25, -0.2) is 4.79 Å². The van der Waals surface area contributed by atoms with E-state index in [0.29, 0.717) is 5.52 Å². The van der Waals surface area contributed by atoms with E-state index in [0.717, 1.165) is 79.1 Å². The molecule has 240 valence electrons. The summed E-state index contributed by atoms with van der Waals surface area (Å²) >= 11 is 1.17. The summed E-state index contributed by atoms with van der Waals surface area (Å²) in [6.07, 6.45) is 11.7. The molecule has 1 saturated heterocycles. The van der Waals surface area contributed by atoms with E-state index < -0.39 is 0 Å². The molecule has 0 bridgehead atoms. The predicted octanol–water partition coefficient (Wildman–Crippen LogP) is 7.11. The molecule has 1 fully saturated rings. The van der Waals surface area contributed by atoms with Crippen molar-refractivity contribution in [1.29, 1.82) is 0 Å². The van der Waals surface area contributed by atoms with Crippen LogP contribution in [0.4, 0.5) is 10.5 Å². The lowest BCUT2D eigenvalue weighted by Crippen LogP contribution is -2.46. The zero-order valence-corrected chi connectivity index (χ0v) is 27.0. The number of aromatic nitrogens is 1. The standard InChI is InChI=1S/C36H47N5O3S/c42-32-18-17-28(34-33(32)40-36(44)45-34)19-23-37-22-11-4-2-1-3-5-12-24-41-25-20-29(21-26-41)38-35(43)39-31-16-10-9-15-30(31)27-13-7-6-8-14-27/h6-10,13-18,29,37,42H,1-5,11-12,19-26H2,(H,40,44)(H2,38,39,43). The number of nitrogens with one attached hydrogen (secondary N) is 4. The summed E-state index contributed by atoms with van der Waals surface area (Å²) in [4.78, 5) is 29.6. The molecule has 0 aliphatic carbocycles. The second kappa shape index (κ2) is 17.1. The van der Waals surface area contributed by atoms with Crippen LogP contribution in [0.1, 0.15) is 63.4 Å². The first-order valence-corrected chi connectivity index (χ1v) is 17.4. The predicted molar refractivity (Wildman–Crippen MR) is 186 cm³/mol. The van der Waals surface area contributed by atoms with E-state index in [1.165, 1.54) is 56.3 Å². The Kier molecular flexibility index (Phi) is 12.5. The summed E-state index contributed by atoms with van der Waals surface area (Å²) in [5.74, 6) is 0.137. The largest absolute Gasteiger partial charge is 0.506 e. The number of anilines is 1. The molecule has 2 heterocycles. The lowest BCUT2D eigenvalue weighted by atomic mass is 10.0. The van der Waals surface area contributed by atoms with Gasteiger partial charge in [-0.1, -0.05) is 98.0 Å². The fourth-order valence-electron chi connectivity index (χ4n) is 6.19. The summed E-state index contributed by atoms with van der Waals surface area (Å²) in [6, 6.07) is 21.8. The van der Waals surface area contributed by atoms with Crippen LogP contribution < -0.4 is 20.8 Å². The van der Waals surface area contributed by atoms with Gasteiger partial charge in [0.25, 0.3) is 0 Å². The van der Waals surface area contributed by atoms with Gasteiger partial charge in [-0.2, -0.15) is 0 Å². The second-order valence-corrected chi connectivity index (χ2v) is 13.0. The SMILES string of the molecule is O=C(Nc1ccccc1-c1ccccc1)NC1CCN(CCCCCCCCCNCCc2ccc(O)c3[nH]c(=O)sc23)CC1. The van der Waals surface area contributed by atoms with Crippen molar-refractivity contribution in [2.75, 3.05) is 38.0 Å². The minimum absolute atomic E-state index is 0.125. The van der Waals surface area contributed by atoms with E-state index in [1.54, 1.807) is 6.07 Å². The zero-order chi connectivity index (χ0) is 31.3. The van der Waals surface area contributed by atoms with Crippen molar-refractivity contribution in [3.05, 3.63) is 82.0 Å². The number of carbonyl (C=O) groups is 1. The van der Waals surface area contributed by atoms with Crippen LogP contribution in [-0.2, 0) is 6.42 Å². The maximum absolute atomic E-state index is 12.8. The summed E-state index contributed by atoms with van der Waals surface area (Å²) < 4.78 is 0.866. The van der Waals surface area contributed by atoms with Crippen LogP contribution in [0.3, 0.4) is 0 Å². The number of amides is 2. The minimum Gasteiger partial charge on any atom is -0.506 e. The number of H-pyrrole nitrogens is 1. The molecule has 3 aromatic carbocycles. The zero-order valence-electron chi connectivity index (χ0n) is 26.2. The van der Waals surface area contributed by atoms with E-state index in [9.17, 15) is 14.7 Å². The molecule has 1 aromatic heterocycles. The van der Waals surface area contributed by atoms with Crippen molar-refractivity contribution in [3.63, 3.8) is 0 Å². The molecular formula is C36H47N5O3S. The molecule has 0 spiro atoms. The van der Waals surface area contributed by atoms with E-state index in [1.807, 2.05) is 48.5 Å². The normalized spacial score (nSPS) is 14.1. The highest BCUT2D eigenvalue weighted by molar-refractivity contribution is 7.16. The summed E-state index contributed by atoms with van der Waals surface area (Å²) in [5, 5.41) is 19.7. The minimum atomic E-state index is -0.126. The molecule has 2 amide bonds. The monoisotopic (exact) mass is 629 g/mol. The Balaban J connectivity index is 0.859. The Bertz CT molecular complexity index is 1550. The van der Waals surface area contributed by atoms with Gasteiger partial charge >= 0.3 is 10.9 Å². The number of para-hydroxylation sites is 1. The van der Waals surface area contributed by atoms with E-state index in [4.69, 9.17) is 0 Å². The molecule has 0 radical (unpaired) electrons. The van der Waals surface area contributed by atoms with E-state index in [2.05, 4.69) is 38.0 Å². The van der Waals surface area contributed by atoms with Crippen molar-refractivity contribution < 1.29 is 9.90 Å². The van der Waals surface area contributed by atoms with Gasteiger partial charge in [-0.05, 0) is 75.0 Å². The maximum atomic E-state index is 12.8. The number of rotatable bonds is 16. The molecule has 0 saturated carbocycles. The van der Waals surface area contributed by atoms with Crippen molar-refractivity contribution in [2.45, 2.75) is 70.3 Å². The lowest BCUT2D eigenvalue weighted by molar-refractivity contribution is 0.193. The van der Waals surface area contributed by atoms with Gasteiger partial charge < -0.3 is 30.9 Å². The average molecular weight is 630 g/mol. The highest BCUT2D eigenvalue weighted by Gasteiger charge is 2.21. The summed E-state index contributed by atoms with van der Waals surface area (Å²) in [6.45, 7) is 5.12. The fraction of sp³-hybridized carbons (Fsp3) is 0.444. The molecule has 1 aliphatic rings. The Labute approximate surface area is 270 Å². The van der Waals surface area contributed by atoms with Crippen molar-refractivity contribution in [3.8, 4) is 16.9 Å². The third-order valence-electron chi connectivity index (χ3n) is 8.72. The maximum Gasteiger partial charge on any atom is 0.319 e. The molecule has 4 aromatic rings. The smallest absolute Gasteiger partial charge is 0.319 e. The van der Waals surface area contributed by atoms with Crippen LogP contribution in [0.25, 0.3) is 21.3 Å². The number of phenols is 1. The molecule has 5 rings (SSSR count). The molecule has 9 heteroatoms. The molecule has 0 atom stereocenters. The van der Waals surface area contributed by atoms with Crippen LogP contribution in [-0.4, -0.2) is 59.8 Å². The number of phenolic OH excluding ortho intramolecular Hbond substituents is 1. The number of hydrogen-bond acceptors (Lipinski definition) is 6. The first kappa shape index (κ1) is 32.7. The third kappa shape index (κ3) is 9.91. The molecule has 8 nitrogen and oxygen atoms in total. The number of aromatic hydroxyl groups is 1. The quantitative estimate of drug-likeness (QED) is 0.0849. The van der Waals surface area contributed by atoms with Gasteiger partial charge in [-0.3, -0.25) is 4.79 Å². The number of benzene rings is 3. The number of thiazole rings is 1. The first-order valence-electron chi connectivity index (χ1n) is 16.6. The number of aromatic amines is 1. The fourth-order valence-corrected chi connectivity index (χ4v) is 7.09. The Hall–Kier alpha value is -3.66. The molecule has 45 heavy (non-hydrogen) atoms. The molecule has 1 aliphatic heterocycles. The van der Waals surface area contributed by atoms with Gasteiger partial charge in [0.05, 0.1) is 10.4 Å². The highest BCUT2D eigenvalue weighted by Crippen LogP contribution is 2.29. The first-order chi connectivity index (χ1) is 22.1. The Morgan fingerprint density at radius 3 is 2.38 bits per heavy atom. The van der Waals surface area contributed by atoms with Crippen molar-refractivity contribution in [2.24, 2.45) is 0 Å². The number of nitrogens with zero attached hydrogens (tertiary/aromatic N) is 1. The van der Waals surface area contributed by atoms with Gasteiger partial charge in [0.1, 0.15) is 11.3 Å². The lowest BCUT2D eigenvalue weighted by Gasteiger charge is -2.32. The van der Waals surface area contributed by atoms with Gasteiger partial charge in [-0.15, -0.1) is 0 Å². The van der Waals surface area contributed by atoms with E-state index in [-0.39, 0.29) is 22.7 Å². The average Bonchev–Trinajstić information content (AvgIpc) is 3.46. The highest BCUT2D eigenvalue weighted by atomic mass is 32.1. The van der Waals surface area contributed by atoms with E-state index >= 15 is 0 Å².